The van der Waals surface area contributed by atoms with Crippen molar-refractivity contribution in [3.63, 3.8) is 0 Å². The third-order valence-corrected chi connectivity index (χ3v) is 3.21. The molecule has 0 unspecified atom stereocenters. The molecule has 0 saturated heterocycles. The number of rotatable bonds is 4. The topological polar surface area (TPSA) is 38.5 Å². The molecular formula is C12H18N4S. The minimum Gasteiger partial charge on any atom is -0.328 e. The smallest absolute Gasteiger partial charge is 0.179 e. The van der Waals surface area contributed by atoms with E-state index in [2.05, 4.69) is 33.7 Å². The van der Waals surface area contributed by atoms with Crippen molar-refractivity contribution in [2.24, 2.45) is 0 Å². The molecule has 0 radical (unpaired) electrons. The fraction of sp³-hybridized carbons (Fsp3) is 0.500. The summed E-state index contributed by atoms with van der Waals surface area (Å²) in [6.45, 7) is 7.90. The zero-order valence-corrected chi connectivity index (χ0v) is 11.3. The van der Waals surface area contributed by atoms with Crippen molar-refractivity contribution in [3.8, 4) is 0 Å². The maximum absolute atomic E-state index is 5.37. The third kappa shape index (κ3) is 2.07. The summed E-state index contributed by atoms with van der Waals surface area (Å²) in [6, 6.07) is 0. The normalized spacial score (nSPS) is 11.9. The van der Waals surface area contributed by atoms with Crippen LogP contribution in [0.25, 0.3) is 11.2 Å². The standard InChI is InChI=1S/C12H18N4S/c1-4-6-7-8-15-11-10(13-12(15)17)9(3)14-16(11)5-2/h4,6H,5,7-8H2,1-3H3,(H,13,17)/b6-4+. The van der Waals surface area contributed by atoms with Gasteiger partial charge >= 0.3 is 0 Å². The minimum absolute atomic E-state index is 0.784. The molecule has 17 heavy (non-hydrogen) atoms. The highest BCUT2D eigenvalue weighted by Gasteiger charge is 2.12. The molecule has 0 bridgehead atoms. The lowest BCUT2D eigenvalue weighted by atomic mass is 10.4. The van der Waals surface area contributed by atoms with E-state index >= 15 is 0 Å². The van der Waals surface area contributed by atoms with Crippen LogP contribution in [0.2, 0.25) is 0 Å². The van der Waals surface area contributed by atoms with Crippen LogP contribution in [0.3, 0.4) is 0 Å². The van der Waals surface area contributed by atoms with Crippen LogP contribution in [-0.2, 0) is 13.1 Å². The number of nitrogens with one attached hydrogen (secondary N) is 1. The second-order valence-corrected chi connectivity index (χ2v) is 4.43. The molecule has 0 amide bonds. The summed E-state index contributed by atoms with van der Waals surface area (Å²) in [5.41, 5.74) is 3.19. The summed E-state index contributed by atoms with van der Waals surface area (Å²) in [5.74, 6) is 0. The zero-order chi connectivity index (χ0) is 12.4. The quantitative estimate of drug-likeness (QED) is 0.668. The van der Waals surface area contributed by atoms with Crippen molar-refractivity contribution in [3.05, 3.63) is 22.6 Å². The van der Waals surface area contributed by atoms with Gasteiger partial charge in [-0.05, 0) is 39.4 Å². The fourth-order valence-electron chi connectivity index (χ4n) is 2.06. The van der Waals surface area contributed by atoms with Gasteiger partial charge in [0, 0.05) is 13.1 Å². The second-order valence-electron chi connectivity index (χ2n) is 4.04. The number of fused-ring (bicyclic) bond motifs is 1. The molecule has 4 nitrogen and oxygen atoms in total. The Balaban J connectivity index is 2.52. The summed E-state index contributed by atoms with van der Waals surface area (Å²) in [4.78, 5) is 3.25. The minimum atomic E-state index is 0.784. The average Bonchev–Trinajstić information content (AvgIpc) is 2.79. The van der Waals surface area contributed by atoms with Gasteiger partial charge in [0.2, 0.25) is 0 Å². The Bertz CT molecular complexity index is 600. The Labute approximate surface area is 106 Å². The molecule has 92 valence electrons. The highest BCUT2D eigenvalue weighted by Crippen LogP contribution is 2.18. The van der Waals surface area contributed by atoms with Gasteiger partial charge in [0.1, 0.15) is 5.52 Å². The monoisotopic (exact) mass is 250 g/mol. The van der Waals surface area contributed by atoms with Gasteiger partial charge in [-0.1, -0.05) is 12.2 Å². The van der Waals surface area contributed by atoms with Crippen LogP contribution in [0.4, 0.5) is 0 Å². The van der Waals surface area contributed by atoms with Crippen LogP contribution in [0.1, 0.15) is 26.0 Å². The Morgan fingerprint density at radius 2 is 2.24 bits per heavy atom. The Morgan fingerprint density at radius 1 is 1.47 bits per heavy atom. The van der Waals surface area contributed by atoms with E-state index in [0.29, 0.717) is 0 Å². The Hall–Kier alpha value is -1.36. The molecule has 2 aromatic heterocycles. The van der Waals surface area contributed by atoms with Gasteiger partial charge < -0.3 is 9.55 Å². The molecule has 2 heterocycles. The van der Waals surface area contributed by atoms with Gasteiger partial charge in [-0.15, -0.1) is 0 Å². The predicted octanol–water partition coefficient (Wildman–Crippen LogP) is 3.19. The van der Waals surface area contributed by atoms with Crippen LogP contribution >= 0.6 is 12.2 Å². The van der Waals surface area contributed by atoms with Gasteiger partial charge in [-0.2, -0.15) is 5.10 Å². The lowest BCUT2D eigenvalue weighted by molar-refractivity contribution is 0.626. The summed E-state index contributed by atoms with van der Waals surface area (Å²) in [6.07, 6.45) is 5.21. The SMILES string of the molecule is C/C=C/CCn1c(=S)[nH]c2c(C)nn(CC)c21. The summed E-state index contributed by atoms with van der Waals surface area (Å²) in [7, 11) is 0. The molecular weight excluding hydrogens is 232 g/mol. The van der Waals surface area contributed by atoms with Gasteiger partial charge in [-0.3, -0.25) is 0 Å². The number of H-pyrrole nitrogens is 1. The first-order valence-corrected chi connectivity index (χ1v) is 6.37. The molecule has 1 N–H and O–H groups in total. The molecule has 0 aliphatic rings. The second kappa shape index (κ2) is 4.87. The zero-order valence-electron chi connectivity index (χ0n) is 10.5. The van der Waals surface area contributed by atoms with E-state index in [1.54, 1.807) is 0 Å². The van der Waals surface area contributed by atoms with E-state index in [0.717, 1.165) is 41.1 Å². The number of allylic oxidation sites excluding steroid dienone is 2. The van der Waals surface area contributed by atoms with Crippen molar-refractivity contribution in [1.29, 1.82) is 0 Å². The molecule has 0 fully saturated rings. The summed E-state index contributed by atoms with van der Waals surface area (Å²) < 4.78 is 4.92. The maximum atomic E-state index is 5.37. The maximum Gasteiger partial charge on any atom is 0.179 e. The lowest BCUT2D eigenvalue weighted by Crippen LogP contribution is -2.05. The van der Waals surface area contributed by atoms with E-state index < -0.39 is 0 Å². The van der Waals surface area contributed by atoms with Crippen LogP contribution < -0.4 is 0 Å². The van der Waals surface area contributed by atoms with Crippen molar-refractivity contribution >= 4 is 23.4 Å². The van der Waals surface area contributed by atoms with Crippen molar-refractivity contribution in [2.75, 3.05) is 0 Å². The van der Waals surface area contributed by atoms with E-state index in [1.807, 2.05) is 18.5 Å². The van der Waals surface area contributed by atoms with Gasteiger partial charge in [-0.25, -0.2) is 4.68 Å². The first-order valence-electron chi connectivity index (χ1n) is 5.96. The van der Waals surface area contributed by atoms with E-state index in [9.17, 15) is 0 Å². The molecule has 2 aromatic rings. The molecule has 0 aliphatic heterocycles. The van der Waals surface area contributed by atoms with E-state index in [-0.39, 0.29) is 0 Å². The van der Waals surface area contributed by atoms with Crippen molar-refractivity contribution < 1.29 is 0 Å². The molecule has 0 aromatic carbocycles. The van der Waals surface area contributed by atoms with Crippen LogP contribution in [0.15, 0.2) is 12.2 Å². The largest absolute Gasteiger partial charge is 0.328 e. The predicted molar refractivity (Wildman–Crippen MR) is 72.7 cm³/mol. The number of aromatic nitrogens is 4. The first-order chi connectivity index (χ1) is 8.19. The molecule has 0 saturated carbocycles. The van der Waals surface area contributed by atoms with Gasteiger partial charge in [0.25, 0.3) is 0 Å². The van der Waals surface area contributed by atoms with E-state index in [4.69, 9.17) is 12.2 Å². The molecule has 5 heteroatoms. The summed E-state index contributed by atoms with van der Waals surface area (Å²) in [5, 5.41) is 4.50. The third-order valence-electron chi connectivity index (χ3n) is 2.89. The highest BCUT2D eigenvalue weighted by molar-refractivity contribution is 7.71. The van der Waals surface area contributed by atoms with Crippen LogP contribution in [0.5, 0.6) is 0 Å². The highest BCUT2D eigenvalue weighted by atomic mass is 32.1. The summed E-state index contributed by atoms with van der Waals surface area (Å²) >= 11 is 5.37. The number of imidazole rings is 1. The number of nitrogens with zero attached hydrogens (tertiary/aromatic N) is 3. The molecule has 0 aliphatic carbocycles. The van der Waals surface area contributed by atoms with Gasteiger partial charge in [0.15, 0.2) is 10.4 Å². The lowest BCUT2D eigenvalue weighted by Gasteiger charge is -2.04. The van der Waals surface area contributed by atoms with Crippen molar-refractivity contribution in [1.82, 2.24) is 19.3 Å². The molecule has 0 spiro atoms. The van der Waals surface area contributed by atoms with E-state index in [1.165, 1.54) is 0 Å². The molecule has 2 rings (SSSR count). The first kappa shape index (κ1) is 12.1. The van der Waals surface area contributed by atoms with Crippen LogP contribution in [0, 0.1) is 11.7 Å². The number of aryl methyl sites for hydroxylation is 3. The number of aromatic amines is 1. The van der Waals surface area contributed by atoms with Crippen molar-refractivity contribution in [2.45, 2.75) is 40.3 Å². The Kier molecular flexibility index (Phi) is 3.47. The number of hydrogen-bond donors (Lipinski definition) is 1. The molecule has 0 atom stereocenters. The average molecular weight is 250 g/mol. The number of hydrogen-bond acceptors (Lipinski definition) is 2. The van der Waals surface area contributed by atoms with Gasteiger partial charge in [0.05, 0.1) is 5.69 Å². The Morgan fingerprint density at radius 3 is 2.88 bits per heavy atom. The fourth-order valence-corrected chi connectivity index (χ4v) is 2.34. The van der Waals surface area contributed by atoms with Crippen LogP contribution in [-0.4, -0.2) is 19.3 Å².